The van der Waals surface area contributed by atoms with Crippen molar-refractivity contribution in [2.75, 3.05) is 31.2 Å². The number of rotatable bonds is 12. The quantitative estimate of drug-likeness (QED) is 0.0611. The van der Waals surface area contributed by atoms with Gasteiger partial charge in [0, 0.05) is 17.7 Å². The molecule has 2 fully saturated rings. The molecule has 0 aromatic heterocycles. The van der Waals surface area contributed by atoms with E-state index < -0.39 is 71.5 Å². The summed E-state index contributed by atoms with van der Waals surface area (Å²) in [5, 5.41) is 18.4. The SMILES string of the molecule is C=CCNC(=O)C1C2C(=O)OC(c3ccccc3)C(c3ccccc3)N2C(c2ccccc2OCCO)C12C(=O)N(C(=O)NC(C)c1ccccc1)c1ccc(C#CCNC(N)=O)cc12. The van der Waals surface area contributed by atoms with Crippen LogP contribution < -0.4 is 31.3 Å². The summed E-state index contributed by atoms with van der Waals surface area (Å²) in [5.74, 6) is 2.43. The number of primary amides is 1. The fourth-order valence-electron chi connectivity index (χ4n) is 9.59. The molecule has 65 heavy (non-hydrogen) atoms. The molecule has 0 aliphatic carbocycles. The molecule has 6 N–H and O–H groups in total. The zero-order valence-electron chi connectivity index (χ0n) is 35.6. The van der Waals surface area contributed by atoms with Crippen LogP contribution in [0.25, 0.3) is 0 Å². The number of morpholine rings is 1. The van der Waals surface area contributed by atoms with Crippen molar-refractivity contribution >= 4 is 35.5 Å². The monoisotopic (exact) mass is 872 g/mol. The number of nitrogens with one attached hydrogen (secondary N) is 3. The van der Waals surface area contributed by atoms with Crippen LogP contribution in [0, 0.1) is 17.8 Å². The molecule has 14 nitrogen and oxygen atoms in total. The smallest absolute Gasteiger partial charge is 0.329 e. The molecule has 0 saturated carbocycles. The lowest BCUT2D eigenvalue weighted by atomic mass is 9.65. The van der Waals surface area contributed by atoms with Crippen molar-refractivity contribution in [2.24, 2.45) is 11.7 Å². The predicted molar refractivity (Wildman–Crippen MR) is 242 cm³/mol. The van der Waals surface area contributed by atoms with E-state index in [1.165, 1.54) is 6.08 Å². The Labute approximate surface area is 376 Å². The van der Waals surface area contributed by atoms with E-state index in [0.29, 0.717) is 16.7 Å². The summed E-state index contributed by atoms with van der Waals surface area (Å²) in [6.07, 6.45) is 0.548. The summed E-state index contributed by atoms with van der Waals surface area (Å²) in [7, 11) is 0. The second kappa shape index (κ2) is 18.9. The molecule has 8 rings (SSSR count). The first-order valence-corrected chi connectivity index (χ1v) is 21.3. The predicted octanol–water partition coefficient (Wildman–Crippen LogP) is 5.52. The van der Waals surface area contributed by atoms with Gasteiger partial charge in [0.25, 0.3) is 0 Å². The Morgan fingerprint density at radius 2 is 1.55 bits per heavy atom. The highest BCUT2D eigenvalue weighted by molar-refractivity contribution is 6.24. The molecule has 3 heterocycles. The number of aliphatic hydroxyl groups excluding tert-OH is 1. The number of benzene rings is 5. The highest BCUT2D eigenvalue weighted by atomic mass is 16.6. The lowest BCUT2D eigenvalue weighted by Gasteiger charge is -2.46. The van der Waals surface area contributed by atoms with E-state index in [-0.39, 0.29) is 43.3 Å². The van der Waals surface area contributed by atoms with E-state index in [9.17, 15) is 14.7 Å². The van der Waals surface area contributed by atoms with E-state index in [0.717, 1.165) is 16.0 Å². The second-order valence-corrected chi connectivity index (χ2v) is 15.9. The molecule has 330 valence electrons. The van der Waals surface area contributed by atoms with Crippen molar-refractivity contribution in [3.8, 4) is 17.6 Å². The highest BCUT2D eigenvalue weighted by Crippen LogP contribution is 2.66. The zero-order valence-corrected chi connectivity index (χ0v) is 35.6. The summed E-state index contributed by atoms with van der Waals surface area (Å²) >= 11 is 0. The van der Waals surface area contributed by atoms with Crippen molar-refractivity contribution in [1.29, 1.82) is 0 Å². The minimum Gasteiger partial charge on any atom is -0.491 e. The third kappa shape index (κ3) is 8.07. The number of fused-ring (bicyclic) bond motifs is 3. The molecule has 0 radical (unpaired) electrons. The van der Waals surface area contributed by atoms with Gasteiger partial charge in [-0.3, -0.25) is 19.3 Å². The average Bonchev–Trinajstić information content (AvgIpc) is 3.78. The molecule has 0 bridgehead atoms. The average molecular weight is 873 g/mol. The van der Waals surface area contributed by atoms with Crippen molar-refractivity contribution in [1.82, 2.24) is 20.9 Å². The Morgan fingerprint density at radius 1 is 0.892 bits per heavy atom. The largest absolute Gasteiger partial charge is 0.491 e. The Kier molecular flexibility index (Phi) is 12.8. The Morgan fingerprint density at radius 3 is 2.23 bits per heavy atom. The van der Waals surface area contributed by atoms with Crippen LogP contribution in [0.3, 0.4) is 0 Å². The van der Waals surface area contributed by atoms with Crippen LogP contribution in [0.4, 0.5) is 15.3 Å². The van der Waals surface area contributed by atoms with Crippen molar-refractivity contribution < 1.29 is 38.6 Å². The number of ether oxygens (including phenoxy) is 2. The number of carbonyl (C=O) groups is 5. The van der Waals surface area contributed by atoms with Gasteiger partial charge in [0.15, 0.2) is 0 Å². The third-order valence-corrected chi connectivity index (χ3v) is 12.2. The van der Waals surface area contributed by atoms with E-state index in [4.69, 9.17) is 15.2 Å². The number of cyclic esters (lactones) is 1. The number of hydrogen-bond donors (Lipinski definition) is 5. The van der Waals surface area contributed by atoms with Gasteiger partial charge in [0.2, 0.25) is 11.8 Å². The molecular weight excluding hydrogens is 825 g/mol. The maximum atomic E-state index is 16.4. The molecule has 3 aliphatic heterocycles. The van der Waals surface area contributed by atoms with Crippen LogP contribution in [0.1, 0.15) is 64.5 Å². The number of hydrogen-bond acceptors (Lipinski definition) is 9. The number of esters is 1. The molecule has 6 amide bonds. The maximum absolute atomic E-state index is 16.4. The maximum Gasteiger partial charge on any atom is 0.329 e. The highest BCUT2D eigenvalue weighted by Gasteiger charge is 2.76. The van der Waals surface area contributed by atoms with Crippen molar-refractivity contribution in [3.63, 3.8) is 0 Å². The van der Waals surface area contributed by atoms with Gasteiger partial charge >= 0.3 is 18.0 Å². The molecule has 5 aromatic rings. The fraction of sp³-hybridized carbons (Fsp3) is 0.235. The van der Waals surface area contributed by atoms with Gasteiger partial charge in [-0.2, -0.15) is 0 Å². The lowest BCUT2D eigenvalue weighted by Crippen LogP contribution is -2.56. The summed E-state index contributed by atoms with van der Waals surface area (Å²) in [6, 6.07) is 34.2. The summed E-state index contributed by atoms with van der Waals surface area (Å²) < 4.78 is 12.8. The van der Waals surface area contributed by atoms with Gasteiger partial charge in [-0.1, -0.05) is 127 Å². The Balaban J connectivity index is 1.45. The summed E-state index contributed by atoms with van der Waals surface area (Å²) in [4.78, 5) is 76.4. The van der Waals surface area contributed by atoms with E-state index in [2.05, 4.69) is 34.4 Å². The molecular formula is C51H48N6O8. The number of aliphatic hydroxyl groups is 1. The fourth-order valence-corrected chi connectivity index (χ4v) is 9.59. The number of nitrogens with two attached hydrogens (primary N) is 1. The molecule has 1 spiro atoms. The molecule has 2 saturated heterocycles. The number of nitrogens with zero attached hydrogens (tertiary/aromatic N) is 2. The van der Waals surface area contributed by atoms with Crippen molar-refractivity contribution in [3.05, 3.63) is 179 Å². The van der Waals surface area contributed by atoms with Crippen LogP contribution in [0.5, 0.6) is 5.75 Å². The normalized spacial score (nSPS) is 22.4. The second-order valence-electron chi connectivity index (χ2n) is 15.9. The molecule has 3 aliphatic rings. The van der Waals surface area contributed by atoms with Gasteiger partial charge < -0.3 is 36.3 Å². The van der Waals surface area contributed by atoms with Crippen LogP contribution in [-0.4, -0.2) is 72.2 Å². The van der Waals surface area contributed by atoms with E-state index in [1.54, 1.807) is 49.4 Å². The molecule has 14 heteroatoms. The minimum atomic E-state index is -2.09. The van der Waals surface area contributed by atoms with Crippen LogP contribution in [-0.2, 0) is 24.5 Å². The third-order valence-electron chi connectivity index (χ3n) is 12.2. The number of imide groups is 1. The van der Waals surface area contributed by atoms with Gasteiger partial charge in [-0.05, 0) is 53.4 Å². The zero-order chi connectivity index (χ0) is 45.7. The number of urea groups is 2. The first-order chi connectivity index (χ1) is 31.6. The summed E-state index contributed by atoms with van der Waals surface area (Å²) in [5.41, 5.74) is 6.59. The van der Waals surface area contributed by atoms with Gasteiger partial charge in [0.1, 0.15) is 29.9 Å². The van der Waals surface area contributed by atoms with Crippen molar-refractivity contribution in [2.45, 2.75) is 42.6 Å². The van der Waals surface area contributed by atoms with Gasteiger partial charge in [0.05, 0.1) is 42.9 Å². The number of anilines is 1. The number of amides is 6. The summed E-state index contributed by atoms with van der Waals surface area (Å²) in [6.45, 7) is 5.06. The first-order valence-electron chi connectivity index (χ1n) is 21.3. The van der Waals surface area contributed by atoms with Crippen LogP contribution in [0.2, 0.25) is 0 Å². The Bertz CT molecular complexity index is 2670. The van der Waals surface area contributed by atoms with Crippen LogP contribution in [0.15, 0.2) is 146 Å². The van der Waals surface area contributed by atoms with Gasteiger partial charge in [-0.25, -0.2) is 14.5 Å². The standard InChI is InChI=1S/C51H48N6O8/c1-3-27-53-46(59)41-43-47(60)65-44(36-21-11-6-12-22-36)42(35-19-9-5-10-20-35)57(43)45(37-23-13-14-24-40(37)64-30-29-58)51(41)38-31-33(16-15-28-54-49(52)62)25-26-39(38)56(48(51)61)50(63)55-32(2)34-17-7-4-8-18-34/h3-14,17-26,31-32,41-45,58H,1,27-30H2,2H3,(H,53,59)(H,55,63)(H3,52,54,62). The van der Waals surface area contributed by atoms with Gasteiger partial charge in [-0.15, -0.1) is 6.58 Å². The minimum absolute atomic E-state index is 0.0129. The topological polar surface area (TPSA) is 193 Å². The first kappa shape index (κ1) is 43.9. The molecule has 5 aromatic carbocycles. The molecule has 7 atom stereocenters. The van der Waals surface area contributed by atoms with E-state index in [1.807, 2.05) is 95.9 Å². The number of para-hydroxylation sites is 1. The van der Waals surface area contributed by atoms with E-state index >= 15 is 14.4 Å². The van der Waals surface area contributed by atoms with Crippen LogP contribution >= 0.6 is 0 Å². The number of carbonyl (C=O) groups excluding carboxylic acids is 5. The Hall–Kier alpha value is -7.73. The lowest BCUT2D eigenvalue weighted by molar-refractivity contribution is -0.178. The molecule has 7 unspecified atom stereocenters.